The lowest BCUT2D eigenvalue weighted by Crippen LogP contribution is -2.51. The minimum Gasteiger partial charge on any atom is -0.365 e. The van der Waals surface area contributed by atoms with Crippen molar-refractivity contribution in [3.05, 3.63) is 29.6 Å². The monoisotopic (exact) mass is 291 g/mol. The summed E-state index contributed by atoms with van der Waals surface area (Å²) in [6, 6.07) is 5.72. The summed E-state index contributed by atoms with van der Waals surface area (Å²) in [6.45, 7) is 5.77. The molecule has 0 radical (unpaired) electrons. The summed E-state index contributed by atoms with van der Waals surface area (Å²) in [5.74, 6) is 0.0873. The number of hydrogen-bond donors (Lipinski definition) is 1. The maximum atomic E-state index is 14.3. The van der Waals surface area contributed by atoms with Crippen LogP contribution in [0.5, 0.6) is 0 Å². The number of nitrogens with one attached hydrogen (secondary N) is 1. The Morgan fingerprint density at radius 2 is 2.24 bits per heavy atom. The zero-order chi connectivity index (χ0) is 14.8. The van der Waals surface area contributed by atoms with Gasteiger partial charge in [-0.15, -0.1) is 0 Å². The van der Waals surface area contributed by atoms with Gasteiger partial charge >= 0.3 is 0 Å². The van der Waals surface area contributed by atoms with E-state index in [0.29, 0.717) is 31.7 Å². The zero-order valence-corrected chi connectivity index (χ0v) is 12.4. The third-order valence-electron chi connectivity index (χ3n) is 4.43. The Hall–Kier alpha value is -1.62. The van der Waals surface area contributed by atoms with E-state index in [0.717, 1.165) is 25.1 Å². The van der Waals surface area contributed by atoms with E-state index < -0.39 is 0 Å². The first-order chi connectivity index (χ1) is 10.2. The minimum absolute atomic E-state index is 0.164. The van der Waals surface area contributed by atoms with Gasteiger partial charge in [-0.25, -0.2) is 4.39 Å². The fraction of sp³-hybridized carbons (Fsp3) is 0.562. The van der Waals surface area contributed by atoms with Gasteiger partial charge in [-0.2, -0.15) is 0 Å². The Balaban J connectivity index is 1.71. The molecule has 2 aliphatic rings. The van der Waals surface area contributed by atoms with Gasteiger partial charge in [0.25, 0.3) is 0 Å². The predicted octanol–water partition coefficient (Wildman–Crippen LogP) is 1.75. The summed E-state index contributed by atoms with van der Waals surface area (Å²) in [7, 11) is 0. The van der Waals surface area contributed by atoms with Crippen molar-refractivity contribution < 1.29 is 9.18 Å². The van der Waals surface area contributed by atoms with Crippen molar-refractivity contribution in [3.63, 3.8) is 0 Å². The van der Waals surface area contributed by atoms with Gasteiger partial charge in [-0.1, -0.05) is 13.0 Å². The van der Waals surface area contributed by atoms with E-state index >= 15 is 0 Å². The third kappa shape index (κ3) is 2.88. The summed E-state index contributed by atoms with van der Waals surface area (Å²) in [6.07, 6.45) is 1.54. The number of amides is 1. The first kappa shape index (κ1) is 14.3. The molecular weight excluding hydrogens is 269 g/mol. The number of benzene rings is 1. The quantitative estimate of drug-likeness (QED) is 0.918. The Morgan fingerprint density at radius 1 is 1.38 bits per heavy atom. The number of anilines is 1. The molecule has 5 heteroatoms. The molecule has 1 amide bonds. The first-order valence-corrected chi connectivity index (χ1v) is 7.72. The number of carbonyl (C=O) groups excluding carboxylic acids is 1. The molecule has 4 nitrogen and oxygen atoms in total. The molecule has 1 unspecified atom stereocenters. The van der Waals surface area contributed by atoms with Gasteiger partial charge in [0, 0.05) is 38.6 Å². The molecule has 0 aromatic heterocycles. The largest absolute Gasteiger partial charge is 0.365 e. The molecular formula is C16H22FN3O. The molecule has 0 aliphatic carbocycles. The highest BCUT2D eigenvalue weighted by Gasteiger charge is 2.35. The van der Waals surface area contributed by atoms with Gasteiger partial charge in [0.05, 0.1) is 5.69 Å². The maximum absolute atomic E-state index is 14.3. The molecule has 1 aromatic carbocycles. The fourth-order valence-corrected chi connectivity index (χ4v) is 3.27. The second kappa shape index (κ2) is 6.02. The minimum atomic E-state index is -0.164. The third-order valence-corrected chi connectivity index (χ3v) is 4.43. The smallest absolute Gasteiger partial charge is 0.223 e. The molecule has 1 aromatic rings. The highest BCUT2D eigenvalue weighted by atomic mass is 19.1. The standard InChI is InChI=1S/C16H22FN3O/c1-2-18-10-12-3-5-15(14(17)9-12)19-7-8-20-13(11-19)4-6-16(20)21/h3,5,9,13,18H,2,4,6-8,10-11H2,1H3. The highest BCUT2D eigenvalue weighted by Crippen LogP contribution is 2.28. The second-order valence-corrected chi connectivity index (χ2v) is 5.79. The van der Waals surface area contributed by atoms with Gasteiger partial charge in [0.1, 0.15) is 5.82 Å². The topological polar surface area (TPSA) is 35.6 Å². The Labute approximate surface area is 124 Å². The summed E-state index contributed by atoms with van der Waals surface area (Å²) in [5, 5.41) is 3.20. The van der Waals surface area contributed by atoms with Crippen LogP contribution in [0.3, 0.4) is 0 Å². The van der Waals surface area contributed by atoms with Crippen molar-refractivity contribution in [2.75, 3.05) is 31.1 Å². The van der Waals surface area contributed by atoms with Crippen LogP contribution < -0.4 is 10.2 Å². The number of halogens is 1. The van der Waals surface area contributed by atoms with Crippen LogP contribution in [0.25, 0.3) is 0 Å². The van der Waals surface area contributed by atoms with Crippen molar-refractivity contribution in [1.29, 1.82) is 0 Å². The molecule has 1 atom stereocenters. The van der Waals surface area contributed by atoms with Gasteiger partial charge in [-0.3, -0.25) is 4.79 Å². The van der Waals surface area contributed by atoms with E-state index in [9.17, 15) is 9.18 Å². The van der Waals surface area contributed by atoms with Crippen LogP contribution in [0.1, 0.15) is 25.3 Å². The molecule has 0 bridgehead atoms. The van der Waals surface area contributed by atoms with Crippen LogP contribution in [0, 0.1) is 5.82 Å². The van der Waals surface area contributed by atoms with E-state index in [1.54, 1.807) is 6.07 Å². The average Bonchev–Trinajstić information content (AvgIpc) is 2.86. The van der Waals surface area contributed by atoms with Gasteiger partial charge in [0.2, 0.25) is 5.91 Å². The molecule has 2 fully saturated rings. The fourth-order valence-electron chi connectivity index (χ4n) is 3.27. The van der Waals surface area contributed by atoms with E-state index in [1.807, 2.05) is 24.0 Å². The Kier molecular flexibility index (Phi) is 4.10. The normalized spacial score (nSPS) is 21.8. The van der Waals surface area contributed by atoms with Gasteiger partial charge in [-0.05, 0) is 30.7 Å². The van der Waals surface area contributed by atoms with Crippen molar-refractivity contribution in [3.8, 4) is 0 Å². The lowest BCUT2D eigenvalue weighted by molar-refractivity contribution is -0.129. The lowest BCUT2D eigenvalue weighted by atomic mass is 10.1. The van der Waals surface area contributed by atoms with Gasteiger partial charge in [0.15, 0.2) is 0 Å². The number of hydrogen-bond acceptors (Lipinski definition) is 3. The number of nitrogens with zero attached hydrogens (tertiary/aromatic N) is 2. The van der Waals surface area contributed by atoms with Crippen molar-refractivity contribution in [1.82, 2.24) is 10.2 Å². The van der Waals surface area contributed by atoms with Crippen molar-refractivity contribution >= 4 is 11.6 Å². The van der Waals surface area contributed by atoms with Crippen LogP contribution in [-0.4, -0.2) is 43.0 Å². The molecule has 2 heterocycles. The average molecular weight is 291 g/mol. The molecule has 21 heavy (non-hydrogen) atoms. The van der Waals surface area contributed by atoms with Crippen LogP contribution in [0.15, 0.2) is 18.2 Å². The second-order valence-electron chi connectivity index (χ2n) is 5.79. The maximum Gasteiger partial charge on any atom is 0.223 e. The molecule has 0 spiro atoms. The SMILES string of the molecule is CCNCc1ccc(N2CCN3C(=O)CCC3C2)c(F)c1. The van der Waals surface area contributed by atoms with Crippen molar-refractivity contribution in [2.45, 2.75) is 32.4 Å². The van der Waals surface area contributed by atoms with Gasteiger partial charge < -0.3 is 15.1 Å². The number of fused-ring (bicyclic) bond motifs is 1. The molecule has 0 saturated carbocycles. The summed E-state index contributed by atoms with van der Waals surface area (Å²) in [4.78, 5) is 15.7. The van der Waals surface area contributed by atoms with Crippen LogP contribution in [-0.2, 0) is 11.3 Å². The number of rotatable bonds is 4. The number of carbonyl (C=O) groups is 1. The Bertz CT molecular complexity index is 534. The Morgan fingerprint density at radius 3 is 3.00 bits per heavy atom. The predicted molar refractivity (Wildman–Crippen MR) is 80.7 cm³/mol. The zero-order valence-electron chi connectivity index (χ0n) is 12.4. The van der Waals surface area contributed by atoms with Crippen LogP contribution >= 0.6 is 0 Å². The summed E-state index contributed by atoms with van der Waals surface area (Å²) in [5.41, 5.74) is 1.63. The molecule has 1 N–H and O–H groups in total. The molecule has 2 saturated heterocycles. The van der Waals surface area contributed by atoms with Crippen LogP contribution in [0.4, 0.5) is 10.1 Å². The molecule has 114 valence electrons. The van der Waals surface area contributed by atoms with E-state index in [1.165, 1.54) is 0 Å². The lowest BCUT2D eigenvalue weighted by Gasteiger charge is -2.39. The number of piperazine rings is 1. The van der Waals surface area contributed by atoms with Crippen molar-refractivity contribution in [2.24, 2.45) is 0 Å². The molecule has 2 aliphatic heterocycles. The molecule has 3 rings (SSSR count). The highest BCUT2D eigenvalue weighted by molar-refractivity contribution is 5.79. The van der Waals surface area contributed by atoms with E-state index in [2.05, 4.69) is 10.2 Å². The van der Waals surface area contributed by atoms with E-state index in [-0.39, 0.29) is 17.8 Å². The summed E-state index contributed by atoms with van der Waals surface area (Å²) < 4.78 is 14.3. The first-order valence-electron chi connectivity index (χ1n) is 7.72. The van der Waals surface area contributed by atoms with Crippen LogP contribution in [0.2, 0.25) is 0 Å². The van der Waals surface area contributed by atoms with E-state index in [4.69, 9.17) is 0 Å². The summed E-state index contributed by atoms with van der Waals surface area (Å²) >= 11 is 0.